The standard InChI is InChI=1S/C31H35NO10/c1-36-18-6-7-22(37-2)17(8-18)13-32-31(35)28-21(14-33)29(34)20-12-24-23(41-15-42-24)11-19(20)27(28)16-9-25(38-3)30(40-5)26(10-16)39-4/h6-12,21,27-29,33-34H,13-15H2,1-5H3,(H,32,35)/t21-,27+,28-,29-/m0/s1. The van der Waals surface area contributed by atoms with Gasteiger partial charge in [0.15, 0.2) is 23.0 Å². The number of rotatable bonds is 10. The van der Waals surface area contributed by atoms with Crippen LogP contribution in [0.4, 0.5) is 0 Å². The molecule has 0 bridgehead atoms. The van der Waals surface area contributed by atoms with Crippen LogP contribution in [-0.2, 0) is 11.3 Å². The number of carbonyl (C=O) groups is 1. The van der Waals surface area contributed by atoms with Crippen molar-refractivity contribution in [2.24, 2.45) is 11.8 Å². The average Bonchev–Trinajstić information content (AvgIpc) is 3.49. The van der Waals surface area contributed by atoms with Gasteiger partial charge in [0.2, 0.25) is 18.4 Å². The molecule has 0 saturated heterocycles. The molecule has 4 atom stereocenters. The smallest absolute Gasteiger partial charge is 0.231 e. The molecule has 1 aliphatic carbocycles. The summed E-state index contributed by atoms with van der Waals surface area (Å²) in [7, 11) is 7.65. The van der Waals surface area contributed by atoms with Gasteiger partial charge in [-0.25, -0.2) is 0 Å². The lowest BCUT2D eigenvalue weighted by molar-refractivity contribution is -0.131. The Balaban J connectivity index is 1.63. The van der Waals surface area contributed by atoms with Gasteiger partial charge >= 0.3 is 0 Å². The zero-order chi connectivity index (χ0) is 30.0. The van der Waals surface area contributed by atoms with Crippen molar-refractivity contribution in [3.05, 3.63) is 64.7 Å². The fourth-order valence-electron chi connectivity index (χ4n) is 5.91. The molecule has 3 N–H and O–H groups in total. The lowest BCUT2D eigenvalue weighted by Gasteiger charge is -2.41. The van der Waals surface area contributed by atoms with Gasteiger partial charge in [0.1, 0.15) is 11.5 Å². The van der Waals surface area contributed by atoms with E-state index in [1.54, 1.807) is 56.7 Å². The zero-order valence-electron chi connectivity index (χ0n) is 24.1. The van der Waals surface area contributed by atoms with E-state index in [0.717, 1.165) is 0 Å². The average molecular weight is 582 g/mol. The molecule has 11 heteroatoms. The van der Waals surface area contributed by atoms with E-state index < -0.39 is 30.5 Å². The van der Waals surface area contributed by atoms with Gasteiger partial charge in [0.25, 0.3) is 0 Å². The summed E-state index contributed by atoms with van der Waals surface area (Å²) in [4.78, 5) is 14.2. The highest BCUT2D eigenvalue weighted by molar-refractivity contribution is 5.82. The molecule has 0 radical (unpaired) electrons. The summed E-state index contributed by atoms with van der Waals surface area (Å²) in [6, 6.07) is 12.4. The van der Waals surface area contributed by atoms with Gasteiger partial charge < -0.3 is 48.7 Å². The topological polar surface area (TPSA) is 134 Å². The number of aliphatic hydroxyl groups is 2. The Kier molecular flexibility index (Phi) is 8.51. The van der Waals surface area contributed by atoms with Gasteiger partial charge in [-0.1, -0.05) is 0 Å². The number of amides is 1. The van der Waals surface area contributed by atoms with Crippen molar-refractivity contribution in [3.8, 4) is 40.2 Å². The first-order valence-corrected chi connectivity index (χ1v) is 13.4. The summed E-state index contributed by atoms with van der Waals surface area (Å²) in [5.41, 5.74) is 2.56. The number of methoxy groups -OCH3 is 5. The van der Waals surface area contributed by atoms with Gasteiger partial charge in [-0.3, -0.25) is 4.79 Å². The normalized spacial score (nSPS) is 20.4. The van der Waals surface area contributed by atoms with E-state index in [9.17, 15) is 15.0 Å². The molecule has 1 heterocycles. The van der Waals surface area contributed by atoms with E-state index in [0.29, 0.717) is 62.5 Å². The molecule has 0 saturated carbocycles. The van der Waals surface area contributed by atoms with E-state index >= 15 is 0 Å². The number of ether oxygens (including phenoxy) is 7. The van der Waals surface area contributed by atoms with Crippen molar-refractivity contribution >= 4 is 5.91 Å². The van der Waals surface area contributed by atoms with Crippen LogP contribution in [0.5, 0.6) is 40.2 Å². The van der Waals surface area contributed by atoms with E-state index in [-0.39, 0.29) is 19.2 Å². The van der Waals surface area contributed by atoms with Crippen molar-refractivity contribution < 1.29 is 48.2 Å². The number of hydrogen-bond acceptors (Lipinski definition) is 10. The molecule has 5 rings (SSSR count). The maximum absolute atomic E-state index is 14.2. The first kappa shape index (κ1) is 29.2. The third-order valence-electron chi connectivity index (χ3n) is 7.96. The number of carbonyl (C=O) groups excluding carboxylic acids is 1. The highest BCUT2D eigenvalue weighted by atomic mass is 16.7. The van der Waals surface area contributed by atoms with Crippen LogP contribution in [0.2, 0.25) is 0 Å². The lowest BCUT2D eigenvalue weighted by atomic mass is 9.64. The van der Waals surface area contributed by atoms with Gasteiger partial charge in [-0.2, -0.15) is 0 Å². The molecular weight excluding hydrogens is 546 g/mol. The molecule has 224 valence electrons. The summed E-state index contributed by atoms with van der Waals surface area (Å²) >= 11 is 0. The molecule has 0 aromatic heterocycles. The van der Waals surface area contributed by atoms with Crippen molar-refractivity contribution in [2.45, 2.75) is 18.6 Å². The molecule has 0 fully saturated rings. The Bertz CT molecular complexity index is 1430. The minimum Gasteiger partial charge on any atom is -0.497 e. The first-order chi connectivity index (χ1) is 20.4. The van der Waals surface area contributed by atoms with Crippen LogP contribution in [0.25, 0.3) is 0 Å². The summed E-state index contributed by atoms with van der Waals surface area (Å²) in [5, 5.41) is 25.1. The molecule has 42 heavy (non-hydrogen) atoms. The second-order valence-electron chi connectivity index (χ2n) is 9.98. The van der Waals surface area contributed by atoms with Crippen molar-refractivity contribution in [1.29, 1.82) is 0 Å². The van der Waals surface area contributed by atoms with Crippen LogP contribution in [0.15, 0.2) is 42.5 Å². The van der Waals surface area contributed by atoms with Gasteiger partial charge in [-0.15, -0.1) is 0 Å². The summed E-state index contributed by atoms with van der Waals surface area (Å²) in [6.45, 7) is -0.282. The highest BCUT2D eigenvalue weighted by Crippen LogP contribution is 2.53. The quantitative estimate of drug-likeness (QED) is 0.328. The second-order valence-corrected chi connectivity index (χ2v) is 9.98. The first-order valence-electron chi connectivity index (χ1n) is 13.4. The highest BCUT2D eigenvalue weighted by Gasteiger charge is 2.47. The summed E-state index contributed by atoms with van der Waals surface area (Å²) in [5.74, 6) is 0.613. The molecular formula is C31H35NO10. The number of hydrogen-bond donors (Lipinski definition) is 3. The number of aliphatic hydroxyl groups excluding tert-OH is 2. The number of benzene rings is 3. The maximum Gasteiger partial charge on any atom is 0.231 e. The van der Waals surface area contributed by atoms with E-state index in [1.807, 2.05) is 0 Å². The third-order valence-corrected chi connectivity index (χ3v) is 7.96. The Labute approximate surface area is 243 Å². The van der Waals surface area contributed by atoms with Crippen LogP contribution in [0.3, 0.4) is 0 Å². The van der Waals surface area contributed by atoms with Crippen molar-refractivity contribution in [3.63, 3.8) is 0 Å². The number of nitrogens with one attached hydrogen (secondary N) is 1. The molecule has 3 aromatic rings. The van der Waals surface area contributed by atoms with Crippen LogP contribution < -0.4 is 38.5 Å². The minimum absolute atomic E-state index is 0.0406. The Morgan fingerprint density at radius 2 is 1.50 bits per heavy atom. The minimum atomic E-state index is -1.15. The van der Waals surface area contributed by atoms with Crippen molar-refractivity contribution in [1.82, 2.24) is 5.32 Å². The SMILES string of the molecule is COc1ccc(OC)c(CNC(=O)[C@@H]2[C@H](c3cc(OC)c(OC)c(OC)c3)c3cc4c(cc3[C@H](O)[C@H]2CO)OCO4)c1. The molecule has 11 nitrogen and oxygen atoms in total. The van der Waals surface area contributed by atoms with E-state index in [1.165, 1.54) is 21.3 Å². The Morgan fingerprint density at radius 1 is 0.857 bits per heavy atom. The number of fused-ring (bicyclic) bond motifs is 2. The molecule has 1 aliphatic heterocycles. The summed E-state index contributed by atoms with van der Waals surface area (Å²) < 4.78 is 38.8. The van der Waals surface area contributed by atoms with Gasteiger partial charge in [-0.05, 0) is 59.2 Å². The zero-order valence-corrected chi connectivity index (χ0v) is 24.1. The predicted molar refractivity (Wildman–Crippen MR) is 151 cm³/mol. The molecule has 2 aliphatic rings. The van der Waals surface area contributed by atoms with Crippen molar-refractivity contribution in [2.75, 3.05) is 48.9 Å². The predicted octanol–water partition coefficient (Wildman–Crippen LogP) is 3.18. The fraction of sp³-hybridized carbons (Fsp3) is 0.387. The largest absolute Gasteiger partial charge is 0.497 e. The maximum atomic E-state index is 14.2. The monoisotopic (exact) mass is 581 g/mol. The Hall–Kier alpha value is -4.35. The fourth-order valence-corrected chi connectivity index (χ4v) is 5.91. The third kappa shape index (κ3) is 5.10. The Morgan fingerprint density at radius 3 is 2.07 bits per heavy atom. The summed E-state index contributed by atoms with van der Waals surface area (Å²) in [6.07, 6.45) is -1.15. The molecule has 3 aromatic carbocycles. The molecule has 0 unspecified atom stereocenters. The van der Waals surface area contributed by atoms with Crippen LogP contribution in [-0.4, -0.2) is 65.1 Å². The van der Waals surface area contributed by atoms with Gasteiger partial charge in [0, 0.05) is 30.6 Å². The van der Waals surface area contributed by atoms with Crippen LogP contribution >= 0.6 is 0 Å². The van der Waals surface area contributed by atoms with Gasteiger partial charge in [0.05, 0.1) is 47.6 Å². The second kappa shape index (κ2) is 12.3. The molecule has 0 spiro atoms. The van der Waals surface area contributed by atoms with E-state index in [2.05, 4.69) is 5.32 Å². The van der Waals surface area contributed by atoms with E-state index in [4.69, 9.17) is 33.2 Å². The van der Waals surface area contributed by atoms with Crippen LogP contribution in [0, 0.1) is 11.8 Å². The molecule has 1 amide bonds. The lowest BCUT2D eigenvalue weighted by Crippen LogP contribution is -2.45. The van der Waals surface area contributed by atoms with Crippen LogP contribution in [0.1, 0.15) is 34.3 Å².